The quantitative estimate of drug-likeness (QED) is 0.278. The molecule has 1 aliphatic rings. The molecule has 0 saturated carbocycles. The first kappa shape index (κ1) is 31.3. The van der Waals surface area contributed by atoms with Crippen molar-refractivity contribution in [2.75, 3.05) is 36.4 Å². The summed E-state index contributed by atoms with van der Waals surface area (Å²) in [6.45, 7) is 6.26. The van der Waals surface area contributed by atoms with Crippen molar-refractivity contribution >= 4 is 40.7 Å². The van der Waals surface area contributed by atoms with Crippen LogP contribution in [0.1, 0.15) is 24.3 Å². The molecule has 4 rings (SSSR count). The van der Waals surface area contributed by atoms with Gasteiger partial charge in [0, 0.05) is 49.0 Å². The van der Waals surface area contributed by atoms with E-state index >= 15 is 0 Å². The van der Waals surface area contributed by atoms with Crippen LogP contribution in [0.25, 0.3) is 0 Å². The zero-order chi connectivity index (χ0) is 31.3. The molecule has 0 spiro atoms. The lowest BCUT2D eigenvalue weighted by Gasteiger charge is -2.40. The lowest BCUT2D eigenvalue weighted by molar-refractivity contribution is -0.124. The van der Waals surface area contributed by atoms with Gasteiger partial charge in [-0.3, -0.25) is 19.3 Å². The topological polar surface area (TPSA) is 141 Å². The van der Waals surface area contributed by atoms with Crippen LogP contribution >= 0.6 is 11.6 Å². The van der Waals surface area contributed by atoms with E-state index in [4.69, 9.17) is 22.1 Å². The summed E-state index contributed by atoms with van der Waals surface area (Å²) in [4.78, 5) is 46.5. The monoisotopic (exact) mass is 614 g/mol. The van der Waals surface area contributed by atoms with Crippen LogP contribution in [0.3, 0.4) is 0 Å². The smallest absolute Gasteiger partial charge is 0.268 e. The molecule has 1 atom stereocenters. The molecular weight excluding hydrogens is 586 g/mol. The first-order valence-corrected chi connectivity index (χ1v) is 13.6. The highest BCUT2D eigenvalue weighted by Crippen LogP contribution is 2.33. The number of nitrogens with zero attached hydrogens (tertiary/aromatic N) is 4. The molecule has 2 heterocycles. The highest BCUT2D eigenvalue weighted by molar-refractivity contribution is 6.34. The average molecular weight is 615 g/mol. The fourth-order valence-corrected chi connectivity index (χ4v) is 4.55. The van der Waals surface area contributed by atoms with Crippen LogP contribution in [0.15, 0.2) is 66.5 Å². The third-order valence-electron chi connectivity index (χ3n) is 6.69. The SMILES string of the molecule is CCN(CC)CCN1C=C(C(=O)Nc2ccc(Oc3ccnc(C(N)=O)c3Cl)c(F)c2)C(=O)N(c2ccc(F)cc2)C1O. The Labute approximate surface area is 251 Å². The summed E-state index contributed by atoms with van der Waals surface area (Å²) in [6.07, 6.45) is 1.01. The number of halogens is 3. The van der Waals surface area contributed by atoms with Crippen LogP contribution < -0.4 is 20.7 Å². The minimum atomic E-state index is -1.46. The van der Waals surface area contributed by atoms with Gasteiger partial charge in [-0.15, -0.1) is 0 Å². The van der Waals surface area contributed by atoms with Crippen LogP contribution in [0, 0.1) is 11.6 Å². The number of amides is 3. The Morgan fingerprint density at radius 1 is 1.12 bits per heavy atom. The Balaban J connectivity index is 1.58. The molecule has 3 amide bonds. The predicted molar refractivity (Wildman–Crippen MR) is 155 cm³/mol. The van der Waals surface area contributed by atoms with E-state index < -0.39 is 35.7 Å². The number of hydrogen-bond acceptors (Lipinski definition) is 8. The number of benzene rings is 2. The van der Waals surface area contributed by atoms with Gasteiger partial charge >= 0.3 is 0 Å². The van der Waals surface area contributed by atoms with E-state index in [0.29, 0.717) is 6.54 Å². The third kappa shape index (κ3) is 7.08. The molecule has 43 heavy (non-hydrogen) atoms. The van der Waals surface area contributed by atoms with Crippen molar-refractivity contribution in [3.05, 3.63) is 88.9 Å². The summed E-state index contributed by atoms with van der Waals surface area (Å²) in [5.41, 5.74) is 4.81. The van der Waals surface area contributed by atoms with Gasteiger partial charge in [0.15, 0.2) is 11.6 Å². The van der Waals surface area contributed by atoms with E-state index in [1.54, 1.807) is 0 Å². The highest BCUT2D eigenvalue weighted by atomic mass is 35.5. The Kier molecular flexibility index (Phi) is 9.91. The van der Waals surface area contributed by atoms with Gasteiger partial charge in [-0.05, 0) is 49.5 Å². The van der Waals surface area contributed by atoms with Crippen molar-refractivity contribution in [3.8, 4) is 11.5 Å². The maximum Gasteiger partial charge on any atom is 0.268 e. The molecule has 0 bridgehead atoms. The zero-order valence-corrected chi connectivity index (χ0v) is 24.0. The maximum absolute atomic E-state index is 15.0. The number of hydrogen-bond donors (Lipinski definition) is 3. The third-order valence-corrected chi connectivity index (χ3v) is 7.05. The summed E-state index contributed by atoms with van der Waals surface area (Å²) in [6, 6.07) is 9.73. The second-order valence-electron chi connectivity index (χ2n) is 9.34. The molecule has 226 valence electrons. The van der Waals surface area contributed by atoms with Gasteiger partial charge < -0.3 is 30.7 Å². The zero-order valence-electron chi connectivity index (χ0n) is 23.3. The van der Waals surface area contributed by atoms with Gasteiger partial charge in [0.25, 0.3) is 17.7 Å². The van der Waals surface area contributed by atoms with E-state index in [1.807, 2.05) is 13.8 Å². The van der Waals surface area contributed by atoms with Crippen LogP contribution in [-0.4, -0.2) is 70.1 Å². The fraction of sp³-hybridized carbons (Fsp3) is 0.241. The number of likely N-dealkylation sites (N-methyl/N-ethyl adjacent to an activating group) is 1. The minimum Gasteiger partial charge on any atom is -0.453 e. The van der Waals surface area contributed by atoms with E-state index in [9.17, 15) is 28.3 Å². The van der Waals surface area contributed by atoms with Crippen molar-refractivity contribution in [2.45, 2.75) is 20.2 Å². The van der Waals surface area contributed by atoms with Crippen LogP contribution in [0.4, 0.5) is 20.2 Å². The Morgan fingerprint density at radius 2 is 1.81 bits per heavy atom. The maximum atomic E-state index is 15.0. The number of aliphatic hydroxyl groups is 1. The Morgan fingerprint density at radius 3 is 2.44 bits per heavy atom. The molecule has 1 unspecified atom stereocenters. The van der Waals surface area contributed by atoms with Crippen molar-refractivity contribution < 1.29 is 33.0 Å². The summed E-state index contributed by atoms with van der Waals surface area (Å²) in [5, 5.41) is 13.4. The van der Waals surface area contributed by atoms with Gasteiger partial charge in [-0.25, -0.2) is 13.8 Å². The Hall–Kier alpha value is -4.59. The van der Waals surface area contributed by atoms with E-state index in [2.05, 4.69) is 15.2 Å². The van der Waals surface area contributed by atoms with Gasteiger partial charge in [-0.2, -0.15) is 0 Å². The normalized spacial score (nSPS) is 15.0. The molecule has 0 aliphatic carbocycles. The molecule has 0 radical (unpaired) electrons. The number of nitrogens with two attached hydrogens (primary N) is 1. The first-order valence-electron chi connectivity index (χ1n) is 13.2. The first-order chi connectivity index (χ1) is 20.5. The fourth-order valence-electron chi connectivity index (χ4n) is 4.31. The highest BCUT2D eigenvalue weighted by Gasteiger charge is 2.37. The molecule has 0 fully saturated rings. The number of aliphatic hydroxyl groups excluding tert-OH is 1. The number of aromatic nitrogens is 1. The van der Waals surface area contributed by atoms with Crippen molar-refractivity contribution in [2.24, 2.45) is 5.73 Å². The molecular formula is C29H29ClF2N6O5. The second kappa shape index (κ2) is 13.6. The average Bonchev–Trinajstić information content (AvgIpc) is 2.97. The second-order valence-corrected chi connectivity index (χ2v) is 9.72. The van der Waals surface area contributed by atoms with Gasteiger partial charge in [0.05, 0.1) is 0 Å². The lowest BCUT2D eigenvalue weighted by atomic mass is 10.1. The predicted octanol–water partition coefficient (Wildman–Crippen LogP) is 3.69. The number of rotatable bonds is 11. The molecule has 2 aromatic carbocycles. The number of carbonyl (C=O) groups is 3. The van der Waals surface area contributed by atoms with Gasteiger partial charge in [0.1, 0.15) is 27.9 Å². The van der Waals surface area contributed by atoms with Crippen LogP contribution in [0.5, 0.6) is 11.5 Å². The number of carbonyl (C=O) groups excluding carboxylic acids is 3. The van der Waals surface area contributed by atoms with E-state index in [-0.39, 0.29) is 45.7 Å². The largest absolute Gasteiger partial charge is 0.453 e. The van der Waals surface area contributed by atoms with E-state index in [0.717, 1.165) is 36.2 Å². The molecule has 4 N–H and O–H groups in total. The number of nitrogens with one attached hydrogen (secondary N) is 1. The van der Waals surface area contributed by atoms with E-state index in [1.165, 1.54) is 47.6 Å². The molecule has 11 nitrogen and oxygen atoms in total. The standard InChI is InChI=1S/C29H29ClF2N6O5/c1-3-36(4-2)13-14-37-16-20(28(41)38(29(37)42)19-8-5-17(31)6-9-19)27(40)35-18-7-10-22(21(32)15-18)43-23-11-12-34-25(24(23)30)26(33)39/h5-12,15-16,29,42H,3-4,13-14H2,1-2H3,(H2,33,39)(H,35,40). The molecule has 1 aliphatic heterocycles. The number of pyridine rings is 1. The number of ether oxygens (including phenoxy) is 1. The lowest BCUT2D eigenvalue weighted by Crippen LogP contribution is -2.56. The number of anilines is 2. The summed E-state index contributed by atoms with van der Waals surface area (Å²) < 4.78 is 34.0. The summed E-state index contributed by atoms with van der Waals surface area (Å²) in [7, 11) is 0. The van der Waals surface area contributed by atoms with Crippen molar-refractivity contribution in [1.29, 1.82) is 0 Å². The molecule has 1 aromatic heterocycles. The minimum absolute atomic E-state index is 0.00338. The molecule has 3 aromatic rings. The summed E-state index contributed by atoms with van der Waals surface area (Å²) in [5.74, 6) is -4.37. The van der Waals surface area contributed by atoms with Gasteiger partial charge in [-0.1, -0.05) is 25.4 Å². The van der Waals surface area contributed by atoms with Crippen molar-refractivity contribution in [1.82, 2.24) is 14.8 Å². The summed E-state index contributed by atoms with van der Waals surface area (Å²) >= 11 is 6.09. The number of primary amides is 1. The van der Waals surface area contributed by atoms with Gasteiger partial charge in [0.2, 0.25) is 6.35 Å². The van der Waals surface area contributed by atoms with Crippen molar-refractivity contribution in [3.63, 3.8) is 0 Å². The molecule has 14 heteroatoms. The van der Waals surface area contributed by atoms with Crippen LogP contribution in [0.2, 0.25) is 5.02 Å². The Bertz CT molecular complexity index is 1550. The van der Waals surface area contributed by atoms with Crippen LogP contribution in [-0.2, 0) is 9.59 Å². The molecule has 0 saturated heterocycles.